The van der Waals surface area contributed by atoms with Crippen molar-refractivity contribution in [2.45, 2.75) is 11.2 Å². The smallest absolute Gasteiger partial charge is 0.422 e. The van der Waals surface area contributed by atoms with Gasteiger partial charge in [-0.3, -0.25) is 5.32 Å². The first-order chi connectivity index (χ1) is 13.7. The minimum absolute atomic E-state index is 0.0941. The summed E-state index contributed by atoms with van der Waals surface area (Å²) >= 11 is -2.48. The molecule has 29 heavy (non-hydrogen) atoms. The second-order valence-electron chi connectivity index (χ2n) is 4.86. The molecule has 2 N–H and O–H groups in total. The number of amides is 2. The number of carbonyl (C=O) groups is 1. The second kappa shape index (κ2) is 9.83. The molecule has 11 nitrogen and oxygen atoms in total. The van der Waals surface area contributed by atoms with Crippen LogP contribution in [0.5, 0.6) is 17.5 Å². The summed E-state index contributed by atoms with van der Waals surface area (Å²) < 4.78 is 68.0. The van der Waals surface area contributed by atoms with Crippen LogP contribution in [0, 0.1) is 0 Å². The van der Waals surface area contributed by atoms with Gasteiger partial charge in [0.25, 0.3) is 0 Å². The Morgan fingerprint density at radius 2 is 1.86 bits per heavy atom. The molecule has 158 valence electrons. The minimum Gasteiger partial charge on any atom is -0.481 e. The Hall–Kier alpha value is -3.20. The molecule has 2 rings (SSSR count). The number of nitrogens with one attached hydrogen (secondary N) is 2. The third-order valence-corrected chi connectivity index (χ3v) is 3.68. The van der Waals surface area contributed by atoms with E-state index in [1.165, 1.54) is 26.4 Å². The average molecular weight is 437 g/mol. The maximum Gasteiger partial charge on any atom is 0.422 e. The highest BCUT2D eigenvalue weighted by Crippen LogP contribution is 2.23. The maximum absolute atomic E-state index is 12.3. The van der Waals surface area contributed by atoms with E-state index in [0.29, 0.717) is 0 Å². The summed E-state index contributed by atoms with van der Waals surface area (Å²) in [4.78, 5) is 23.1. The van der Waals surface area contributed by atoms with E-state index in [1.54, 1.807) is 5.48 Å². The van der Waals surface area contributed by atoms with Crippen LogP contribution < -0.4 is 25.0 Å². The first kappa shape index (κ1) is 22.1. The number of ether oxygens (including phenoxy) is 3. The highest BCUT2D eigenvalue weighted by Gasteiger charge is 2.29. The first-order valence-corrected chi connectivity index (χ1v) is 8.57. The zero-order valence-electron chi connectivity index (χ0n) is 14.8. The van der Waals surface area contributed by atoms with Gasteiger partial charge >= 0.3 is 12.2 Å². The summed E-state index contributed by atoms with van der Waals surface area (Å²) in [6, 6.07) is 2.71. The van der Waals surface area contributed by atoms with E-state index in [2.05, 4.69) is 29.3 Å². The molecule has 2 aromatic rings. The predicted molar refractivity (Wildman–Crippen MR) is 90.6 cm³/mol. The van der Waals surface area contributed by atoms with Crippen LogP contribution in [0.1, 0.15) is 0 Å². The Kier molecular flexibility index (Phi) is 7.49. The van der Waals surface area contributed by atoms with E-state index in [1.807, 2.05) is 0 Å². The molecule has 0 saturated carbocycles. The van der Waals surface area contributed by atoms with Gasteiger partial charge < -0.3 is 14.2 Å². The van der Waals surface area contributed by atoms with Gasteiger partial charge in [0.1, 0.15) is 0 Å². The number of urea groups is 1. The summed E-state index contributed by atoms with van der Waals surface area (Å²) in [6.07, 6.45) is -3.45. The van der Waals surface area contributed by atoms with Crippen molar-refractivity contribution in [2.75, 3.05) is 26.1 Å². The fourth-order valence-electron chi connectivity index (χ4n) is 1.68. The van der Waals surface area contributed by atoms with Crippen LogP contribution in [0.3, 0.4) is 0 Å². The van der Waals surface area contributed by atoms with Gasteiger partial charge in [-0.15, -0.1) is 0 Å². The SMILES string of the molecule is COc1cc(OC)nc(NC(=O)NOS(=O)c2ncccc2OCC(F)(F)F)n1. The maximum atomic E-state index is 12.3. The van der Waals surface area contributed by atoms with Crippen LogP contribution in [0.25, 0.3) is 0 Å². The van der Waals surface area contributed by atoms with Crippen molar-refractivity contribution >= 4 is 23.1 Å². The molecule has 1 unspecified atom stereocenters. The second-order valence-corrected chi connectivity index (χ2v) is 5.88. The number of aromatic nitrogens is 3. The van der Waals surface area contributed by atoms with Crippen molar-refractivity contribution in [3.63, 3.8) is 0 Å². The van der Waals surface area contributed by atoms with Crippen LogP contribution in [0.2, 0.25) is 0 Å². The van der Waals surface area contributed by atoms with Gasteiger partial charge in [0.15, 0.2) is 17.4 Å². The Bertz CT molecular complexity index is 863. The van der Waals surface area contributed by atoms with Gasteiger partial charge in [-0.2, -0.15) is 27.4 Å². The lowest BCUT2D eigenvalue weighted by molar-refractivity contribution is -0.153. The molecule has 0 aliphatic carbocycles. The highest BCUT2D eigenvalue weighted by molar-refractivity contribution is 7.80. The van der Waals surface area contributed by atoms with Crippen LogP contribution >= 0.6 is 0 Å². The van der Waals surface area contributed by atoms with Crippen LogP contribution in [0.4, 0.5) is 23.9 Å². The molecule has 0 aliphatic rings. The van der Waals surface area contributed by atoms with Crippen molar-refractivity contribution in [2.24, 2.45) is 0 Å². The third-order valence-electron chi connectivity index (χ3n) is 2.82. The lowest BCUT2D eigenvalue weighted by Gasteiger charge is -2.12. The number of anilines is 1. The Morgan fingerprint density at radius 1 is 1.21 bits per heavy atom. The first-order valence-electron chi connectivity index (χ1n) is 7.49. The molecule has 0 aliphatic heterocycles. The summed E-state index contributed by atoms with van der Waals surface area (Å²) in [5, 5.41) is 1.70. The number of hydroxylamine groups is 1. The van der Waals surface area contributed by atoms with Gasteiger partial charge in [-0.25, -0.2) is 19.5 Å². The Morgan fingerprint density at radius 3 is 2.45 bits per heavy atom. The number of halogens is 3. The monoisotopic (exact) mass is 437 g/mol. The van der Waals surface area contributed by atoms with E-state index in [0.717, 1.165) is 12.3 Å². The molecule has 2 amide bonds. The number of alkyl halides is 3. The van der Waals surface area contributed by atoms with E-state index < -0.39 is 40.7 Å². The minimum atomic E-state index is -4.61. The summed E-state index contributed by atoms with van der Waals surface area (Å²) in [5.74, 6) is -0.459. The highest BCUT2D eigenvalue weighted by atomic mass is 32.2. The van der Waals surface area contributed by atoms with E-state index in [-0.39, 0.29) is 17.7 Å². The summed E-state index contributed by atoms with van der Waals surface area (Å²) in [5.41, 5.74) is 1.77. The number of nitrogens with zero attached hydrogens (tertiary/aromatic N) is 3. The Labute approximate surface area is 164 Å². The molecule has 0 bridgehead atoms. The van der Waals surface area contributed by atoms with E-state index in [4.69, 9.17) is 9.47 Å². The van der Waals surface area contributed by atoms with Gasteiger partial charge in [-0.1, -0.05) is 0 Å². The fraction of sp³-hybridized carbons (Fsp3) is 0.286. The lowest BCUT2D eigenvalue weighted by atomic mass is 10.4. The fourth-order valence-corrected chi connectivity index (χ4v) is 2.35. The predicted octanol–water partition coefficient (Wildman–Crippen LogP) is 1.61. The van der Waals surface area contributed by atoms with Crippen molar-refractivity contribution in [3.8, 4) is 17.5 Å². The van der Waals surface area contributed by atoms with Gasteiger partial charge in [0.05, 0.1) is 20.3 Å². The largest absolute Gasteiger partial charge is 0.481 e. The number of hydrogen-bond donors (Lipinski definition) is 2. The van der Waals surface area contributed by atoms with E-state index in [9.17, 15) is 22.2 Å². The topological polar surface area (TPSA) is 134 Å². The number of methoxy groups -OCH3 is 2. The normalized spacial score (nSPS) is 12.0. The third kappa shape index (κ3) is 7.04. The molecule has 0 saturated heterocycles. The lowest BCUT2D eigenvalue weighted by Crippen LogP contribution is -2.30. The number of rotatable bonds is 8. The van der Waals surface area contributed by atoms with Crippen molar-refractivity contribution < 1.29 is 40.7 Å². The molecule has 15 heteroatoms. The molecule has 2 aromatic heterocycles. The zero-order valence-corrected chi connectivity index (χ0v) is 15.7. The number of carbonyl (C=O) groups excluding carboxylic acids is 1. The van der Waals surface area contributed by atoms with E-state index >= 15 is 0 Å². The molecular weight excluding hydrogens is 423 g/mol. The molecule has 0 aromatic carbocycles. The van der Waals surface area contributed by atoms with Crippen molar-refractivity contribution in [1.82, 2.24) is 20.4 Å². The zero-order chi connectivity index (χ0) is 21.4. The van der Waals surface area contributed by atoms with Gasteiger partial charge in [-0.05, 0) is 12.1 Å². The molecule has 2 heterocycles. The van der Waals surface area contributed by atoms with Crippen LogP contribution in [-0.2, 0) is 15.4 Å². The van der Waals surface area contributed by atoms with Crippen LogP contribution in [-0.4, -0.2) is 52.2 Å². The molecule has 1 atom stereocenters. The van der Waals surface area contributed by atoms with Gasteiger partial charge in [0.2, 0.25) is 28.8 Å². The summed E-state index contributed by atoms with van der Waals surface area (Å²) in [7, 11) is 2.67. The standard InChI is InChI=1S/C14H14F3N5O6S/c1-25-9-6-10(26-2)20-12(19-9)21-13(23)22-28-29(24)11-8(4-3-5-18-11)27-7-14(15,16)17/h3-6H,7H2,1-2H3,(H2,19,20,21,22,23). The number of hydrogen-bond acceptors (Lipinski definition) is 9. The van der Waals surface area contributed by atoms with Crippen molar-refractivity contribution in [3.05, 3.63) is 24.4 Å². The van der Waals surface area contributed by atoms with Gasteiger partial charge in [0, 0.05) is 6.20 Å². The quantitative estimate of drug-likeness (QED) is 0.591. The molecular formula is C14H14F3N5O6S. The summed E-state index contributed by atoms with van der Waals surface area (Å²) in [6.45, 7) is -1.62. The molecule has 0 radical (unpaired) electrons. The number of pyridine rings is 1. The van der Waals surface area contributed by atoms with Crippen molar-refractivity contribution in [1.29, 1.82) is 0 Å². The molecule has 0 spiro atoms. The molecule has 0 fully saturated rings. The Balaban J connectivity index is 1.98. The average Bonchev–Trinajstić information content (AvgIpc) is 2.69. The van der Waals surface area contributed by atoms with Crippen LogP contribution in [0.15, 0.2) is 29.4 Å².